The van der Waals surface area contributed by atoms with Crippen molar-refractivity contribution in [2.24, 2.45) is 0 Å². The number of rotatable bonds is 12. The molecule has 5 atom stereocenters. The Balaban J connectivity index is 1.61. The molecule has 12 heteroatoms. The van der Waals surface area contributed by atoms with Crippen molar-refractivity contribution < 1.29 is 49.8 Å². The fourth-order valence-corrected chi connectivity index (χ4v) is 4.75. The second-order valence-electron chi connectivity index (χ2n) is 9.05. The van der Waals surface area contributed by atoms with Crippen molar-refractivity contribution in [1.82, 2.24) is 0 Å². The molecule has 8 nitrogen and oxygen atoms in total. The smallest absolute Gasteiger partial charge is 0.374 e. The molecular formula is C28H29F3O8S. The number of halogens is 3. The minimum atomic E-state index is -6.08. The molecule has 0 radical (unpaired) electrons. The molecule has 1 aliphatic heterocycles. The molecule has 216 valence electrons. The Morgan fingerprint density at radius 1 is 0.700 bits per heavy atom. The number of aliphatic hydroxyl groups excluding tert-OH is 1. The Bertz CT molecular complexity index is 1280. The van der Waals surface area contributed by atoms with Crippen molar-refractivity contribution in [2.75, 3.05) is 6.61 Å². The van der Waals surface area contributed by atoms with Crippen LogP contribution in [0.2, 0.25) is 0 Å². The van der Waals surface area contributed by atoms with E-state index in [1.165, 1.54) is 0 Å². The standard InChI is InChI=1S/C28H29F3O8S/c29-28(30,31)40(33,34)39-24-23(19-35-16-20-10-4-1-5-11-20)38-27(32)26(37-18-22-14-8-3-9-15-22)25(24)36-17-21-12-6-2-7-13-21/h1-15,23-27,32H,16-19H2/t23?,24-,25?,26?,27+/m0/s1. The van der Waals surface area contributed by atoms with Gasteiger partial charge in [0.25, 0.3) is 0 Å². The molecule has 1 heterocycles. The number of alkyl halides is 3. The summed E-state index contributed by atoms with van der Waals surface area (Å²) >= 11 is 0. The van der Waals surface area contributed by atoms with Crippen LogP contribution in [0.25, 0.3) is 0 Å². The summed E-state index contributed by atoms with van der Waals surface area (Å²) in [6, 6.07) is 26.4. The average Bonchev–Trinajstić information content (AvgIpc) is 2.94. The lowest BCUT2D eigenvalue weighted by atomic mass is 9.98. The zero-order valence-electron chi connectivity index (χ0n) is 21.2. The fraction of sp³-hybridized carbons (Fsp3) is 0.357. The van der Waals surface area contributed by atoms with Gasteiger partial charge in [-0.25, -0.2) is 0 Å². The normalized spacial score (nSPS) is 23.6. The first-order valence-electron chi connectivity index (χ1n) is 12.4. The summed E-state index contributed by atoms with van der Waals surface area (Å²) in [5.41, 5.74) is -3.59. The van der Waals surface area contributed by atoms with Crippen LogP contribution in [0.4, 0.5) is 13.2 Å². The zero-order valence-corrected chi connectivity index (χ0v) is 22.0. The summed E-state index contributed by atoms with van der Waals surface area (Å²) in [5.74, 6) is 0. The third-order valence-electron chi connectivity index (χ3n) is 6.09. The van der Waals surface area contributed by atoms with Crippen LogP contribution in [0.3, 0.4) is 0 Å². The van der Waals surface area contributed by atoms with E-state index in [1.54, 1.807) is 91.0 Å². The van der Waals surface area contributed by atoms with E-state index in [0.717, 1.165) is 5.56 Å². The molecule has 1 aliphatic rings. The first-order valence-corrected chi connectivity index (χ1v) is 13.8. The molecule has 3 aromatic carbocycles. The Labute approximate surface area is 230 Å². The zero-order chi connectivity index (χ0) is 28.6. The summed E-state index contributed by atoms with van der Waals surface area (Å²) in [7, 11) is -6.08. The van der Waals surface area contributed by atoms with E-state index >= 15 is 0 Å². The van der Waals surface area contributed by atoms with Crippen LogP contribution in [0.5, 0.6) is 0 Å². The minimum Gasteiger partial charge on any atom is -0.374 e. The highest BCUT2D eigenvalue weighted by molar-refractivity contribution is 7.87. The van der Waals surface area contributed by atoms with Gasteiger partial charge >= 0.3 is 15.6 Å². The first kappa shape index (κ1) is 30.1. The maximum atomic E-state index is 13.4. The van der Waals surface area contributed by atoms with Gasteiger partial charge in [0.05, 0.1) is 26.4 Å². The molecule has 0 aromatic heterocycles. The summed E-state index contributed by atoms with van der Waals surface area (Å²) in [6.07, 6.45) is -7.90. The van der Waals surface area contributed by atoms with Gasteiger partial charge in [0, 0.05) is 0 Å². The van der Waals surface area contributed by atoms with Crippen molar-refractivity contribution >= 4 is 10.1 Å². The maximum Gasteiger partial charge on any atom is 0.523 e. The predicted molar refractivity (Wildman–Crippen MR) is 137 cm³/mol. The molecule has 0 bridgehead atoms. The van der Waals surface area contributed by atoms with Crippen molar-refractivity contribution in [3.63, 3.8) is 0 Å². The average molecular weight is 583 g/mol. The lowest BCUT2D eigenvalue weighted by Gasteiger charge is -2.43. The molecule has 1 N–H and O–H groups in total. The fourth-order valence-electron chi connectivity index (χ4n) is 4.11. The molecule has 0 aliphatic carbocycles. The highest BCUT2D eigenvalue weighted by Gasteiger charge is 2.55. The molecule has 3 unspecified atom stereocenters. The van der Waals surface area contributed by atoms with Crippen LogP contribution in [-0.4, -0.2) is 56.3 Å². The predicted octanol–water partition coefficient (Wildman–Crippen LogP) is 4.33. The first-order chi connectivity index (χ1) is 19.1. The third-order valence-corrected chi connectivity index (χ3v) is 7.14. The minimum absolute atomic E-state index is 0.0546. The highest BCUT2D eigenvalue weighted by Crippen LogP contribution is 2.34. The topological polar surface area (TPSA) is 101 Å². The van der Waals surface area contributed by atoms with Crippen molar-refractivity contribution in [3.8, 4) is 0 Å². The van der Waals surface area contributed by atoms with Gasteiger partial charge in [-0.1, -0.05) is 91.0 Å². The van der Waals surface area contributed by atoms with Gasteiger partial charge in [-0.2, -0.15) is 21.6 Å². The molecule has 3 aromatic rings. The van der Waals surface area contributed by atoms with Crippen LogP contribution >= 0.6 is 0 Å². The van der Waals surface area contributed by atoms with Gasteiger partial charge in [0.15, 0.2) is 6.29 Å². The summed E-state index contributed by atoms with van der Waals surface area (Å²) in [6.45, 7) is -0.544. The van der Waals surface area contributed by atoms with Crippen LogP contribution in [0.1, 0.15) is 16.7 Å². The molecule has 4 rings (SSSR count). The highest BCUT2D eigenvalue weighted by atomic mass is 32.2. The van der Waals surface area contributed by atoms with Gasteiger partial charge in [0.2, 0.25) is 0 Å². The van der Waals surface area contributed by atoms with Crippen LogP contribution < -0.4 is 0 Å². The quantitative estimate of drug-likeness (QED) is 0.249. The molecule has 1 fully saturated rings. The molecule has 0 amide bonds. The lowest BCUT2D eigenvalue weighted by molar-refractivity contribution is -0.305. The van der Waals surface area contributed by atoms with Crippen LogP contribution in [0.15, 0.2) is 91.0 Å². The van der Waals surface area contributed by atoms with Gasteiger partial charge in [0.1, 0.15) is 24.4 Å². The number of ether oxygens (including phenoxy) is 4. The van der Waals surface area contributed by atoms with E-state index in [4.69, 9.17) is 23.1 Å². The van der Waals surface area contributed by atoms with E-state index in [-0.39, 0.29) is 19.8 Å². The van der Waals surface area contributed by atoms with Gasteiger partial charge in [-0.05, 0) is 16.7 Å². The van der Waals surface area contributed by atoms with E-state index in [1.807, 2.05) is 0 Å². The second kappa shape index (κ2) is 13.7. The number of benzene rings is 3. The third kappa shape index (κ3) is 8.10. The van der Waals surface area contributed by atoms with Gasteiger partial charge in [-0.15, -0.1) is 0 Å². The molecule has 0 spiro atoms. The number of hydrogen-bond donors (Lipinski definition) is 1. The van der Waals surface area contributed by atoms with E-state index < -0.39 is 52.9 Å². The summed E-state index contributed by atoms with van der Waals surface area (Å²) in [4.78, 5) is 0. The molecule has 1 saturated heterocycles. The Hall–Kier alpha value is -2.84. The summed E-state index contributed by atoms with van der Waals surface area (Å²) < 4.78 is 92.2. The molecule has 0 saturated carbocycles. The van der Waals surface area contributed by atoms with Crippen molar-refractivity contribution in [2.45, 2.75) is 56.0 Å². The van der Waals surface area contributed by atoms with E-state index in [9.17, 15) is 26.7 Å². The Morgan fingerprint density at radius 2 is 1.15 bits per heavy atom. The van der Waals surface area contributed by atoms with Crippen LogP contribution in [0, 0.1) is 0 Å². The maximum absolute atomic E-state index is 13.4. The molecule has 40 heavy (non-hydrogen) atoms. The van der Waals surface area contributed by atoms with Crippen molar-refractivity contribution in [1.29, 1.82) is 0 Å². The largest absolute Gasteiger partial charge is 0.523 e. The van der Waals surface area contributed by atoms with E-state index in [0.29, 0.717) is 11.1 Å². The van der Waals surface area contributed by atoms with Gasteiger partial charge in [-0.3, -0.25) is 4.18 Å². The SMILES string of the molecule is O=S(=O)(O[C@H]1C(COCc2ccccc2)O[C@@H](O)C(OCc2ccccc2)C1OCc1ccccc1)C(F)(F)F. The number of hydrogen-bond acceptors (Lipinski definition) is 8. The number of aliphatic hydroxyl groups is 1. The Morgan fingerprint density at radius 3 is 1.62 bits per heavy atom. The second-order valence-corrected chi connectivity index (χ2v) is 10.6. The Kier molecular flexibility index (Phi) is 10.3. The van der Waals surface area contributed by atoms with Gasteiger partial charge < -0.3 is 24.1 Å². The van der Waals surface area contributed by atoms with E-state index in [2.05, 4.69) is 0 Å². The molecular weight excluding hydrogens is 553 g/mol. The summed E-state index contributed by atoms with van der Waals surface area (Å²) in [5, 5.41) is 10.9. The van der Waals surface area contributed by atoms with Crippen LogP contribution in [-0.2, 0) is 53.1 Å². The monoisotopic (exact) mass is 582 g/mol. The van der Waals surface area contributed by atoms with Crippen molar-refractivity contribution in [3.05, 3.63) is 108 Å². The lowest BCUT2D eigenvalue weighted by Crippen LogP contribution is -2.62.